The van der Waals surface area contributed by atoms with Crippen LogP contribution >= 0.6 is 0 Å². The SMILES string of the molecule is C/C=C\c1c(N)cc(C2=NC(c3ccccc3)NC(c3cccc(-c4ccccc4)c3)=N2)c2c1ccc1ccccc12. The number of aliphatic imine (C=N–C) groups is 2. The summed E-state index contributed by atoms with van der Waals surface area (Å²) < 4.78 is 0. The van der Waals surface area contributed by atoms with Crippen LogP contribution in [0.15, 0.2) is 143 Å². The monoisotopic (exact) mass is 542 g/mol. The molecular formula is C38H30N4. The van der Waals surface area contributed by atoms with Gasteiger partial charge in [-0.05, 0) is 51.9 Å². The summed E-state index contributed by atoms with van der Waals surface area (Å²) in [5, 5.41) is 8.11. The first-order valence-corrected chi connectivity index (χ1v) is 14.2. The number of hydrogen-bond donors (Lipinski definition) is 2. The predicted molar refractivity (Wildman–Crippen MR) is 178 cm³/mol. The Hall–Kier alpha value is -5.48. The summed E-state index contributed by atoms with van der Waals surface area (Å²) >= 11 is 0. The maximum Gasteiger partial charge on any atom is 0.160 e. The first kappa shape index (κ1) is 25.5. The van der Waals surface area contributed by atoms with Gasteiger partial charge in [0.25, 0.3) is 0 Å². The van der Waals surface area contributed by atoms with Crippen molar-refractivity contribution in [1.82, 2.24) is 5.32 Å². The molecule has 1 unspecified atom stereocenters. The van der Waals surface area contributed by atoms with Gasteiger partial charge in [0.1, 0.15) is 12.0 Å². The van der Waals surface area contributed by atoms with Crippen molar-refractivity contribution in [3.05, 3.63) is 156 Å². The van der Waals surface area contributed by atoms with Gasteiger partial charge in [-0.3, -0.25) is 0 Å². The van der Waals surface area contributed by atoms with E-state index in [4.69, 9.17) is 15.7 Å². The van der Waals surface area contributed by atoms with Crippen LogP contribution in [-0.2, 0) is 0 Å². The van der Waals surface area contributed by atoms with Crippen LogP contribution in [0.1, 0.15) is 35.3 Å². The first-order chi connectivity index (χ1) is 20.7. The minimum absolute atomic E-state index is 0.310. The highest BCUT2D eigenvalue weighted by Crippen LogP contribution is 2.36. The molecule has 0 amide bonds. The number of rotatable bonds is 5. The van der Waals surface area contributed by atoms with Gasteiger partial charge in [-0.15, -0.1) is 0 Å². The molecule has 1 aliphatic heterocycles. The lowest BCUT2D eigenvalue weighted by molar-refractivity contribution is 0.674. The fraction of sp³-hybridized carbons (Fsp3) is 0.0526. The van der Waals surface area contributed by atoms with Crippen LogP contribution in [0.4, 0.5) is 5.69 Å². The largest absolute Gasteiger partial charge is 0.398 e. The number of hydrogen-bond acceptors (Lipinski definition) is 4. The third-order valence-corrected chi connectivity index (χ3v) is 7.77. The van der Waals surface area contributed by atoms with Crippen LogP contribution in [0.5, 0.6) is 0 Å². The van der Waals surface area contributed by atoms with Crippen molar-refractivity contribution in [3.8, 4) is 11.1 Å². The van der Waals surface area contributed by atoms with Crippen LogP contribution in [0, 0.1) is 0 Å². The van der Waals surface area contributed by atoms with E-state index in [2.05, 4.69) is 108 Å². The van der Waals surface area contributed by atoms with Crippen molar-refractivity contribution in [2.45, 2.75) is 13.1 Å². The van der Waals surface area contributed by atoms with Crippen molar-refractivity contribution in [2.75, 3.05) is 5.73 Å². The molecule has 42 heavy (non-hydrogen) atoms. The summed E-state index contributed by atoms with van der Waals surface area (Å²) in [5.41, 5.74) is 13.7. The summed E-state index contributed by atoms with van der Waals surface area (Å²) in [6.45, 7) is 2.02. The van der Waals surface area contributed by atoms with Crippen molar-refractivity contribution in [2.24, 2.45) is 9.98 Å². The fourth-order valence-corrected chi connectivity index (χ4v) is 5.77. The van der Waals surface area contributed by atoms with Gasteiger partial charge in [-0.1, -0.05) is 127 Å². The number of amidine groups is 2. The maximum absolute atomic E-state index is 6.73. The second-order valence-corrected chi connectivity index (χ2v) is 10.5. The lowest BCUT2D eigenvalue weighted by Crippen LogP contribution is -2.33. The van der Waals surface area contributed by atoms with Gasteiger partial charge >= 0.3 is 0 Å². The Labute approximate surface area is 245 Å². The zero-order valence-electron chi connectivity index (χ0n) is 23.3. The fourth-order valence-electron chi connectivity index (χ4n) is 5.77. The molecule has 1 atom stereocenters. The third kappa shape index (κ3) is 4.63. The summed E-state index contributed by atoms with van der Waals surface area (Å²) in [6, 6.07) is 44.0. The molecule has 202 valence electrons. The normalized spacial score (nSPS) is 15.0. The summed E-state index contributed by atoms with van der Waals surface area (Å²) in [4.78, 5) is 10.4. The van der Waals surface area contributed by atoms with Gasteiger partial charge in [-0.25, -0.2) is 9.98 Å². The Balaban J connectivity index is 1.47. The molecule has 0 fully saturated rings. The van der Waals surface area contributed by atoms with E-state index >= 15 is 0 Å². The molecule has 0 radical (unpaired) electrons. The number of allylic oxidation sites excluding steroid dienone is 1. The molecule has 0 aliphatic carbocycles. The molecule has 1 aliphatic rings. The molecule has 0 saturated heterocycles. The van der Waals surface area contributed by atoms with E-state index < -0.39 is 0 Å². The van der Waals surface area contributed by atoms with E-state index in [0.29, 0.717) is 11.5 Å². The third-order valence-electron chi connectivity index (χ3n) is 7.77. The van der Waals surface area contributed by atoms with Crippen molar-refractivity contribution >= 4 is 45.0 Å². The molecule has 3 N–H and O–H groups in total. The Morgan fingerprint density at radius 2 is 1.40 bits per heavy atom. The molecule has 0 aromatic heterocycles. The van der Waals surface area contributed by atoms with Crippen LogP contribution in [0.2, 0.25) is 0 Å². The highest BCUT2D eigenvalue weighted by molar-refractivity contribution is 6.24. The topological polar surface area (TPSA) is 62.8 Å². The summed E-state index contributed by atoms with van der Waals surface area (Å²) in [7, 11) is 0. The molecule has 7 rings (SSSR count). The minimum atomic E-state index is -0.310. The van der Waals surface area contributed by atoms with E-state index in [1.807, 2.05) is 43.3 Å². The number of nitrogens with two attached hydrogens (primary N) is 1. The second kappa shape index (κ2) is 10.8. The standard InChI is InChI=1S/C38H30N4/c1-2-12-31-32-22-21-26-15-9-10-20-30(26)35(32)33(24-34(31)39)38-41-36(27-16-7-4-8-17-27)40-37(42-38)29-19-11-18-28(23-29)25-13-5-3-6-14-25/h2-24,36H,39H2,1H3,(H,40,41,42)/b12-2-. The molecule has 6 aromatic rings. The van der Waals surface area contributed by atoms with Gasteiger partial charge in [0.2, 0.25) is 0 Å². The highest BCUT2D eigenvalue weighted by atomic mass is 15.2. The van der Waals surface area contributed by atoms with Gasteiger partial charge < -0.3 is 11.1 Å². The van der Waals surface area contributed by atoms with Crippen LogP contribution < -0.4 is 11.1 Å². The maximum atomic E-state index is 6.73. The molecule has 4 heteroatoms. The zero-order valence-corrected chi connectivity index (χ0v) is 23.3. The quantitative estimate of drug-likeness (QED) is 0.169. The van der Waals surface area contributed by atoms with Crippen molar-refractivity contribution in [3.63, 3.8) is 0 Å². The average Bonchev–Trinajstić information content (AvgIpc) is 3.06. The number of benzene rings is 6. The number of nitrogens with one attached hydrogen (secondary N) is 1. The molecule has 1 heterocycles. The lowest BCUT2D eigenvalue weighted by Gasteiger charge is -2.25. The smallest absolute Gasteiger partial charge is 0.160 e. The molecular weight excluding hydrogens is 512 g/mol. The molecule has 0 spiro atoms. The number of anilines is 1. The van der Waals surface area contributed by atoms with Crippen LogP contribution in [-0.4, -0.2) is 11.7 Å². The number of fused-ring (bicyclic) bond motifs is 3. The Bertz CT molecular complexity index is 2020. The summed E-state index contributed by atoms with van der Waals surface area (Å²) in [5.74, 6) is 1.43. The van der Waals surface area contributed by atoms with Gasteiger partial charge in [0.15, 0.2) is 5.84 Å². The zero-order chi connectivity index (χ0) is 28.5. The average molecular weight is 543 g/mol. The minimum Gasteiger partial charge on any atom is -0.398 e. The number of nitrogens with zero attached hydrogens (tertiary/aromatic N) is 2. The number of nitrogen functional groups attached to an aromatic ring is 1. The predicted octanol–water partition coefficient (Wildman–Crippen LogP) is 8.77. The van der Waals surface area contributed by atoms with Crippen molar-refractivity contribution in [1.29, 1.82) is 0 Å². The Kier molecular flexibility index (Phi) is 6.57. The Morgan fingerprint density at radius 3 is 2.21 bits per heavy atom. The lowest BCUT2D eigenvalue weighted by atomic mass is 9.92. The van der Waals surface area contributed by atoms with Gasteiger partial charge in [0, 0.05) is 27.8 Å². The van der Waals surface area contributed by atoms with E-state index in [-0.39, 0.29) is 6.17 Å². The van der Waals surface area contributed by atoms with E-state index in [1.54, 1.807) is 0 Å². The van der Waals surface area contributed by atoms with Crippen LogP contribution in [0.25, 0.3) is 38.7 Å². The van der Waals surface area contributed by atoms with E-state index in [1.165, 1.54) is 0 Å². The van der Waals surface area contributed by atoms with E-state index in [0.717, 1.165) is 60.8 Å². The summed E-state index contributed by atoms with van der Waals surface area (Å²) in [6.07, 6.45) is 3.80. The van der Waals surface area contributed by atoms with E-state index in [9.17, 15) is 0 Å². The molecule has 6 aromatic carbocycles. The highest BCUT2D eigenvalue weighted by Gasteiger charge is 2.24. The second-order valence-electron chi connectivity index (χ2n) is 10.5. The van der Waals surface area contributed by atoms with Crippen LogP contribution in [0.3, 0.4) is 0 Å². The van der Waals surface area contributed by atoms with Gasteiger partial charge in [0.05, 0.1) is 0 Å². The molecule has 0 bridgehead atoms. The van der Waals surface area contributed by atoms with Crippen molar-refractivity contribution < 1.29 is 0 Å². The van der Waals surface area contributed by atoms with Gasteiger partial charge in [-0.2, -0.15) is 0 Å². The first-order valence-electron chi connectivity index (χ1n) is 14.2. The Morgan fingerprint density at radius 1 is 0.690 bits per heavy atom. The molecule has 4 nitrogen and oxygen atoms in total. The molecule has 0 saturated carbocycles.